The van der Waals surface area contributed by atoms with Crippen molar-refractivity contribution >= 4 is 10.9 Å². The van der Waals surface area contributed by atoms with Crippen molar-refractivity contribution in [3.63, 3.8) is 0 Å². The van der Waals surface area contributed by atoms with Gasteiger partial charge in [-0.3, -0.25) is 0 Å². The molecule has 0 amide bonds. The van der Waals surface area contributed by atoms with Crippen LogP contribution in [-0.2, 0) is 5.41 Å². The summed E-state index contributed by atoms with van der Waals surface area (Å²) < 4.78 is 0. The smallest absolute Gasteiger partial charge is 0.0494 e. The third-order valence-electron chi connectivity index (χ3n) is 5.79. The van der Waals surface area contributed by atoms with E-state index >= 15 is 0 Å². The predicted molar refractivity (Wildman–Crippen MR) is 85.4 cm³/mol. The summed E-state index contributed by atoms with van der Waals surface area (Å²) >= 11 is 0. The van der Waals surface area contributed by atoms with Crippen LogP contribution in [0.4, 0.5) is 0 Å². The SMILES string of the molecule is Cc1cc2ccc3c(c2[nH]1)C(C)CC31CCCCCC1. The van der Waals surface area contributed by atoms with Gasteiger partial charge >= 0.3 is 0 Å². The van der Waals surface area contributed by atoms with E-state index in [1.165, 1.54) is 61.5 Å². The second-order valence-corrected chi connectivity index (χ2v) is 7.24. The fourth-order valence-electron chi connectivity index (χ4n) is 5.01. The first-order valence-corrected chi connectivity index (χ1v) is 8.32. The maximum atomic E-state index is 3.63. The summed E-state index contributed by atoms with van der Waals surface area (Å²) in [7, 11) is 0. The minimum atomic E-state index is 0.498. The highest BCUT2D eigenvalue weighted by molar-refractivity contribution is 5.86. The molecule has 4 rings (SSSR count). The summed E-state index contributed by atoms with van der Waals surface area (Å²) in [6, 6.07) is 7.10. The van der Waals surface area contributed by atoms with E-state index in [9.17, 15) is 0 Å². The number of H-pyrrole nitrogens is 1. The van der Waals surface area contributed by atoms with Crippen LogP contribution < -0.4 is 0 Å². The summed E-state index contributed by atoms with van der Waals surface area (Å²) in [4.78, 5) is 3.63. The Balaban J connectivity index is 1.92. The summed E-state index contributed by atoms with van der Waals surface area (Å²) in [5.74, 6) is 0.713. The van der Waals surface area contributed by atoms with Crippen LogP contribution in [0.1, 0.15) is 74.6 Å². The molecular weight excluding hydrogens is 242 g/mol. The fraction of sp³-hybridized carbons (Fsp3) is 0.579. The van der Waals surface area contributed by atoms with E-state index in [0.29, 0.717) is 11.3 Å². The topological polar surface area (TPSA) is 15.8 Å². The Kier molecular flexibility index (Phi) is 2.73. The summed E-state index contributed by atoms with van der Waals surface area (Å²) in [5, 5.41) is 1.40. The van der Waals surface area contributed by atoms with Gasteiger partial charge in [0.25, 0.3) is 0 Å². The molecule has 2 aromatic rings. The third kappa shape index (κ3) is 1.68. The zero-order valence-electron chi connectivity index (χ0n) is 12.8. The predicted octanol–water partition coefficient (Wildman–Crippen LogP) is 5.58. The first-order chi connectivity index (χ1) is 9.70. The highest BCUT2D eigenvalue weighted by atomic mass is 14.7. The van der Waals surface area contributed by atoms with Crippen molar-refractivity contribution in [3.05, 3.63) is 35.0 Å². The van der Waals surface area contributed by atoms with E-state index in [0.717, 1.165) is 0 Å². The van der Waals surface area contributed by atoms with Crippen LogP contribution in [-0.4, -0.2) is 4.98 Å². The highest BCUT2D eigenvalue weighted by Gasteiger charge is 2.42. The monoisotopic (exact) mass is 267 g/mol. The molecule has 0 aliphatic heterocycles. The average molecular weight is 267 g/mol. The molecule has 20 heavy (non-hydrogen) atoms. The van der Waals surface area contributed by atoms with Gasteiger partial charge in [0.2, 0.25) is 0 Å². The summed E-state index contributed by atoms with van der Waals surface area (Å²) in [6.07, 6.45) is 9.93. The van der Waals surface area contributed by atoms with Crippen LogP contribution in [0.25, 0.3) is 10.9 Å². The van der Waals surface area contributed by atoms with Crippen LogP contribution in [0.2, 0.25) is 0 Å². The Morgan fingerprint density at radius 3 is 2.60 bits per heavy atom. The molecular formula is C19H25N. The van der Waals surface area contributed by atoms with Gasteiger partial charge in [0, 0.05) is 11.2 Å². The molecule has 1 spiro atoms. The van der Waals surface area contributed by atoms with Crippen molar-refractivity contribution < 1.29 is 0 Å². The van der Waals surface area contributed by atoms with Gasteiger partial charge in [-0.05, 0) is 60.1 Å². The number of aryl methyl sites for hydroxylation is 1. The maximum Gasteiger partial charge on any atom is 0.0494 e. The molecule has 1 N–H and O–H groups in total. The van der Waals surface area contributed by atoms with Gasteiger partial charge in [0.15, 0.2) is 0 Å². The van der Waals surface area contributed by atoms with E-state index in [1.54, 1.807) is 11.1 Å². The maximum absolute atomic E-state index is 3.63. The second kappa shape index (κ2) is 4.38. The molecule has 106 valence electrons. The molecule has 1 aromatic heterocycles. The molecule has 0 bridgehead atoms. The highest BCUT2D eigenvalue weighted by Crippen LogP contribution is 2.54. The molecule has 1 fully saturated rings. The molecule has 1 saturated carbocycles. The van der Waals surface area contributed by atoms with Gasteiger partial charge in [-0.25, -0.2) is 0 Å². The lowest BCUT2D eigenvalue weighted by atomic mass is 9.75. The van der Waals surface area contributed by atoms with Crippen molar-refractivity contribution in [3.8, 4) is 0 Å². The molecule has 1 unspecified atom stereocenters. The largest absolute Gasteiger partial charge is 0.358 e. The third-order valence-corrected chi connectivity index (χ3v) is 5.79. The van der Waals surface area contributed by atoms with Crippen molar-refractivity contribution in [2.75, 3.05) is 0 Å². The normalized spacial score (nSPS) is 25.0. The number of aromatic nitrogens is 1. The molecule has 1 heterocycles. The Bertz CT molecular complexity index is 641. The van der Waals surface area contributed by atoms with Crippen molar-refractivity contribution in [1.82, 2.24) is 4.98 Å². The van der Waals surface area contributed by atoms with Crippen LogP contribution in [0, 0.1) is 6.92 Å². The minimum absolute atomic E-state index is 0.498. The Hall–Kier alpha value is -1.24. The van der Waals surface area contributed by atoms with Crippen molar-refractivity contribution in [2.24, 2.45) is 0 Å². The number of benzene rings is 1. The van der Waals surface area contributed by atoms with Gasteiger partial charge < -0.3 is 4.98 Å². The number of hydrogen-bond donors (Lipinski definition) is 1. The number of fused-ring (bicyclic) bond motifs is 4. The number of nitrogens with one attached hydrogen (secondary N) is 1. The molecule has 0 saturated heterocycles. The molecule has 1 nitrogen and oxygen atoms in total. The van der Waals surface area contributed by atoms with Crippen molar-refractivity contribution in [2.45, 2.75) is 70.1 Å². The second-order valence-electron chi connectivity index (χ2n) is 7.24. The Labute approximate surface area is 121 Å². The zero-order valence-corrected chi connectivity index (χ0v) is 12.8. The molecule has 0 radical (unpaired) electrons. The molecule has 2 aliphatic rings. The molecule has 1 heteroatoms. The van der Waals surface area contributed by atoms with Gasteiger partial charge in [0.05, 0.1) is 0 Å². The fourth-order valence-corrected chi connectivity index (χ4v) is 5.01. The van der Waals surface area contributed by atoms with Gasteiger partial charge in [-0.15, -0.1) is 0 Å². The Morgan fingerprint density at radius 1 is 1.10 bits per heavy atom. The minimum Gasteiger partial charge on any atom is -0.358 e. The van der Waals surface area contributed by atoms with Crippen LogP contribution >= 0.6 is 0 Å². The van der Waals surface area contributed by atoms with Gasteiger partial charge in [-0.1, -0.05) is 44.7 Å². The first kappa shape index (κ1) is 12.5. The first-order valence-electron chi connectivity index (χ1n) is 8.32. The number of rotatable bonds is 0. The van der Waals surface area contributed by atoms with Crippen LogP contribution in [0.5, 0.6) is 0 Å². The van der Waals surface area contributed by atoms with Gasteiger partial charge in [0.1, 0.15) is 0 Å². The number of hydrogen-bond acceptors (Lipinski definition) is 0. The average Bonchev–Trinajstić information content (AvgIpc) is 2.80. The molecule has 2 aliphatic carbocycles. The molecule has 1 atom stereocenters. The standard InChI is InChI=1S/C19H25N/c1-13-12-19(9-5-3-4-6-10-19)16-8-7-15-11-14(2)20-18(15)17(13)16/h7-8,11,13,20H,3-6,9-10,12H2,1-2H3. The number of aromatic amines is 1. The lowest BCUT2D eigenvalue weighted by Gasteiger charge is -2.29. The van der Waals surface area contributed by atoms with E-state index in [-0.39, 0.29) is 0 Å². The van der Waals surface area contributed by atoms with E-state index in [1.807, 2.05) is 0 Å². The Morgan fingerprint density at radius 2 is 1.85 bits per heavy atom. The van der Waals surface area contributed by atoms with E-state index in [2.05, 4.69) is 37.0 Å². The van der Waals surface area contributed by atoms with E-state index in [4.69, 9.17) is 0 Å². The van der Waals surface area contributed by atoms with E-state index < -0.39 is 0 Å². The summed E-state index contributed by atoms with van der Waals surface area (Å²) in [6.45, 7) is 4.61. The zero-order chi connectivity index (χ0) is 13.7. The van der Waals surface area contributed by atoms with Crippen LogP contribution in [0.3, 0.4) is 0 Å². The van der Waals surface area contributed by atoms with Gasteiger partial charge in [-0.2, -0.15) is 0 Å². The summed E-state index contributed by atoms with van der Waals surface area (Å²) in [5.41, 5.74) is 6.54. The lowest BCUT2D eigenvalue weighted by molar-refractivity contribution is 0.354. The lowest BCUT2D eigenvalue weighted by Crippen LogP contribution is -2.22. The van der Waals surface area contributed by atoms with Crippen molar-refractivity contribution in [1.29, 1.82) is 0 Å². The molecule has 1 aromatic carbocycles. The van der Waals surface area contributed by atoms with Crippen LogP contribution in [0.15, 0.2) is 18.2 Å². The quantitative estimate of drug-likeness (QED) is 0.641.